The molecular formula is C29H41N3O5S. The van der Waals surface area contributed by atoms with Crippen LogP contribution < -0.4 is 14.4 Å². The zero-order valence-corrected chi connectivity index (χ0v) is 24.2. The second kappa shape index (κ2) is 12.2. The standard InChI is InChI=1S/C29H41N3O5S/c1-21(28(34)30-24-11-7-8-12-24)31(19-22-10-9-13-26(18-22)37-5)27(33)20-32(38(6,35)36)25-16-14-23(15-17-25)29(2,3)4/h9-10,13-18,21,24H,7-8,11-12,19-20H2,1-6H3,(H,30,34). The Kier molecular flexibility index (Phi) is 9.46. The highest BCUT2D eigenvalue weighted by atomic mass is 32.2. The Morgan fingerprint density at radius 2 is 1.71 bits per heavy atom. The van der Waals surface area contributed by atoms with Crippen LogP contribution in [0.2, 0.25) is 0 Å². The number of nitrogens with zero attached hydrogens (tertiary/aromatic N) is 2. The number of carbonyl (C=O) groups is 2. The minimum atomic E-state index is -3.78. The fourth-order valence-electron chi connectivity index (χ4n) is 4.68. The van der Waals surface area contributed by atoms with Crippen molar-refractivity contribution in [3.63, 3.8) is 0 Å². The molecule has 1 unspecified atom stereocenters. The van der Waals surface area contributed by atoms with Crippen molar-refractivity contribution in [2.45, 2.75) is 77.4 Å². The van der Waals surface area contributed by atoms with Crippen LogP contribution in [0, 0.1) is 0 Å². The van der Waals surface area contributed by atoms with Crippen LogP contribution in [-0.2, 0) is 31.6 Å². The first-order valence-corrected chi connectivity index (χ1v) is 15.0. The Balaban J connectivity index is 1.89. The number of hydrogen-bond acceptors (Lipinski definition) is 5. The number of carbonyl (C=O) groups excluding carboxylic acids is 2. The normalized spacial score (nSPS) is 15.1. The quantitative estimate of drug-likeness (QED) is 0.484. The van der Waals surface area contributed by atoms with Gasteiger partial charge in [-0.3, -0.25) is 13.9 Å². The summed E-state index contributed by atoms with van der Waals surface area (Å²) in [5, 5.41) is 3.07. The van der Waals surface area contributed by atoms with Gasteiger partial charge in [-0.25, -0.2) is 8.42 Å². The van der Waals surface area contributed by atoms with Crippen molar-refractivity contribution in [3.8, 4) is 5.75 Å². The summed E-state index contributed by atoms with van der Waals surface area (Å²) in [5.74, 6) is -0.0737. The van der Waals surface area contributed by atoms with E-state index in [-0.39, 0.29) is 23.9 Å². The molecule has 0 aliphatic heterocycles. The van der Waals surface area contributed by atoms with Crippen molar-refractivity contribution in [2.75, 3.05) is 24.2 Å². The van der Waals surface area contributed by atoms with E-state index in [1.54, 1.807) is 38.3 Å². The van der Waals surface area contributed by atoms with E-state index in [0.29, 0.717) is 11.4 Å². The highest BCUT2D eigenvalue weighted by molar-refractivity contribution is 7.92. The average molecular weight is 544 g/mol. The Labute approximate surface area is 227 Å². The molecule has 0 spiro atoms. The van der Waals surface area contributed by atoms with Gasteiger partial charge in [-0.15, -0.1) is 0 Å². The molecule has 0 bridgehead atoms. The lowest BCUT2D eigenvalue weighted by Gasteiger charge is -2.32. The summed E-state index contributed by atoms with van der Waals surface area (Å²) in [6.07, 6.45) is 5.08. The van der Waals surface area contributed by atoms with Crippen molar-refractivity contribution in [1.82, 2.24) is 10.2 Å². The summed E-state index contributed by atoms with van der Waals surface area (Å²) in [4.78, 5) is 28.4. The lowest BCUT2D eigenvalue weighted by atomic mass is 9.87. The molecule has 0 heterocycles. The summed E-state index contributed by atoms with van der Waals surface area (Å²) >= 11 is 0. The number of methoxy groups -OCH3 is 1. The highest BCUT2D eigenvalue weighted by Crippen LogP contribution is 2.26. The molecule has 1 atom stereocenters. The van der Waals surface area contributed by atoms with Crippen molar-refractivity contribution >= 4 is 27.5 Å². The molecule has 1 N–H and O–H groups in total. The molecule has 9 heteroatoms. The minimum Gasteiger partial charge on any atom is -0.497 e. The van der Waals surface area contributed by atoms with Crippen molar-refractivity contribution < 1.29 is 22.7 Å². The van der Waals surface area contributed by atoms with Crippen LogP contribution in [0.25, 0.3) is 0 Å². The third kappa shape index (κ3) is 7.72. The molecular weight excluding hydrogens is 502 g/mol. The minimum absolute atomic E-state index is 0.0973. The number of benzene rings is 2. The molecule has 0 saturated heterocycles. The summed E-state index contributed by atoms with van der Waals surface area (Å²) in [6, 6.07) is 13.8. The lowest BCUT2D eigenvalue weighted by molar-refractivity contribution is -0.139. The maximum Gasteiger partial charge on any atom is 0.244 e. The van der Waals surface area contributed by atoms with Gasteiger partial charge in [0.25, 0.3) is 0 Å². The van der Waals surface area contributed by atoms with Crippen molar-refractivity contribution in [3.05, 3.63) is 59.7 Å². The summed E-state index contributed by atoms with van der Waals surface area (Å²) in [6.45, 7) is 7.64. The third-order valence-corrected chi connectivity index (χ3v) is 8.20. The summed E-state index contributed by atoms with van der Waals surface area (Å²) in [7, 11) is -2.21. The molecule has 1 fully saturated rings. The average Bonchev–Trinajstić information content (AvgIpc) is 3.37. The molecule has 1 aliphatic rings. The van der Waals surface area contributed by atoms with Gasteiger partial charge >= 0.3 is 0 Å². The van der Waals surface area contributed by atoms with Gasteiger partial charge in [-0.2, -0.15) is 0 Å². The first kappa shape index (κ1) is 29.5. The van der Waals surface area contributed by atoms with Crippen LogP contribution in [0.3, 0.4) is 0 Å². The fraction of sp³-hybridized carbons (Fsp3) is 0.517. The second-order valence-corrected chi connectivity index (χ2v) is 13.0. The van der Waals surface area contributed by atoms with Crippen LogP contribution in [0.5, 0.6) is 5.75 Å². The number of ether oxygens (including phenoxy) is 1. The summed E-state index contributed by atoms with van der Waals surface area (Å²) in [5.41, 5.74) is 2.13. The molecule has 2 aromatic carbocycles. The maximum atomic E-state index is 13.8. The van der Waals surface area contributed by atoms with Gasteiger partial charge in [0.15, 0.2) is 0 Å². The SMILES string of the molecule is COc1cccc(CN(C(=O)CN(c2ccc(C(C)(C)C)cc2)S(C)(=O)=O)C(C)C(=O)NC2CCCC2)c1. The fourth-order valence-corrected chi connectivity index (χ4v) is 5.53. The molecule has 208 valence electrons. The number of rotatable bonds is 10. The maximum absolute atomic E-state index is 13.8. The Morgan fingerprint density at radius 1 is 1.08 bits per heavy atom. The van der Waals surface area contributed by atoms with Gasteiger partial charge in [0.05, 0.1) is 19.1 Å². The van der Waals surface area contributed by atoms with E-state index < -0.39 is 28.5 Å². The van der Waals surface area contributed by atoms with Crippen LogP contribution in [-0.4, -0.2) is 57.1 Å². The van der Waals surface area contributed by atoms with Gasteiger partial charge in [-0.1, -0.05) is 57.9 Å². The van der Waals surface area contributed by atoms with Crippen molar-refractivity contribution in [1.29, 1.82) is 0 Å². The summed E-state index contributed by atoms with van der Waals surface area (Å²) < 4.78 is 32.0. The predicted molar refractivity (Wildman–Crippen MR) is 151 cm³/mol. The van der Waals surface area contributed by atoms with Gasteiger partial charge < -0.3 is 15.0 Å². The smallest absolute Gasteiger partial charge is 0.244 e. The van der Waals surface area contributed by atoms with E-state index >= 15 is 0 Å². The predicted octanol–water partition coefficient (Wildman–Crippen LogP) is 4.23. The van der Waals surface area contributed by atoms with E-state index in [1.807, 2.05) is 24.3 Å². The van der Waals surface area contributed by atoms with Gasteiger partial charge in [-0.05, 0) is 60.6 Å². The van der Waals surface area contributed by atoms with Crippen LogP contribution in [0.4, 0.5) is 5.69 Å². The van der Waals surface area contributed by atoms with Gasteiger partial charge in [0.2, 0.25) is 21.8 Å². The zero-order valence-electron chi connectivity index (χ0n) is 23.4. The largest absolute Gasteiger partial charge is 0.497 e. The van der Waals surface area contributed by atoms with Crippen LogP contribution in [0.1, 0.15) is 64.5 Å². The lowest BCUT2D eigenvalue weighted by Crippen LogP contribution is -2.52. The topological polar surface area (TPSA) is 96.0 Å². The number of hydrogen-bond donors (Lipinski definition) is 1. The van der Waals surface area contributed by atoms with Crippen molar-refractivity contribution in [2.24, 2.45) is 0 Å². The molecule has 0 aromatic heterocycles. The number of amides is 2. The first-order chi connectivity index (χ1) is 17.8. The van der Waals surface area contributed by atoms with Crippen LogP contribution >= 0.6 is 0 Å². The van der Waals surface area contributed by atoms with Gasteiger partial charge in [0.1, 0.15) is 18.3 Å². The number of sulfonamides is 1. The molecule has 2 aromatic rings. The molecule has 1 saturated carbocycles. The van der Waals surface area contributed by atoms with E-state index in [4.69, 9.17) is 4.74 Å². The Bertz CT molecular complexity index is 1220. The van der Waals surface area contributed by atoms with Crippen LogP contribution in [0.15, 0.2) is 48.5 Å². The third-order valence-electron chi connectivity index (χ3n) is 7.06. The Morgan fingerprint density at radius 3 is 2.26 bits per heavy atom. The zero-order chi connectivity index (χ0) is 28.1. The van der Waals surface area contributed by atoms with E-state index in [9.17, 15) is 18.0 Å². The number of anilines is 1. The van der Waals surface area contributed by atoms with E-state index in [2.05, 4.69) is 26.1 Å². The molecule has 8 nitrogen and oxygen atoms in total. The molecule has 0 radical (unpaired) electrons. The number of nitrogens with one attached hydrogen (secondary N) is 1. The van der Waals surface area contributed by atoms with E-state index in [1.165, 1.54) is 4.90 Å². The Hall–Kier alpha value is -3.07. The molecule has 2 amide bonds. The molecule has 38 heavy (non-hydrogen) atoms. The molecule has 3 rings (SSSR count). The highest BCUT2D eigenvalue weighted by Gasteiger charge is 2.31. The first-order valence-electron chi connectivity index (χ1n) is 13.1. The van der Waals surface area contributed by atoms with Gasteiger partial charge in [0, 0.05) is 12.6 Å². The second-order valence-electron chi connectivity index (χ2n) is 11.1. The molecule has 1 aliphatic carbocycles. The van der Waals surface area contributed by atoms with E-state index in [0.717, 1.165) is 47.4 Å². The monoisotopic (exact) mass is 543 g/mol.